The zero-order valence-corrected chi connectivity index (χ0v) is 17.9. The van der Waals surface area contributed by atoms with Crippen LogP contribution in [0.5, 0.6) is 0 Å². The Morgan fingerprint density at radius 1 is 1.14 bits per heavy atom. The highest BCUT2D eigenvalue weighted by Crippen LogP contribution is 2.26. The number of likely N-dealkylation sites (N-methyl/N-ethyl adjacent to an activating group) is 1. The molecule has 0 atom stereocenters. The van der Waals surface area contributed by atoms with E-state index in [0.717, 1.165) is 30.3 Å². The molecule has 0 unspecified atom stereocenters. The van der Waals surface area contributed by atoms with Gasteiger partial charge < -0.3 is 9.30 Å². The maximum absolute atomic E-state index is 12.6. The minimum Gasteiger partial charge on any atom is -0.387 e. The van der Waals surface area contributed by atoms with Crippen molar-refractivity contribution in [3.8, 4) is 0 Å². The van der Waals surface area contributed by atoms with Crippen molar-refractivity contribution in [2.75, 3.05) is 20.6 Å². The van der Waals surface area contributed by atoms with E-state index in [0.29, 0.717) is 11.0 Å². The van der Waals surface area contributed by atoms with Crippen LogP contribution in [0.3, 0.4) is 0 Å². The summed E-state index contributed by atoms with van der Waals surface area (Å²) in [6.45, 7) is 3.02. The number of halogens is 1. The lowest BCUT2D eigenvalue weighted by atomic mass is 10.1. The smallest absolute Gasteiger partial charge is 0.366 e. The molecule has 1 aromatic carbocycles. The molecule has 2 heterocycles. The Balaban J connectivity index is 0.00000300. The number of aryl methyl sites for hydroxylation is 1. The monoisotopic (exact) mass is 418 g/mol. The van der Waals surface area contributed by atoms with E-state index in [2.05, 4.69) is 21.5 Å². The van der Waals surface area contributed by atoms with Gasteiger partial charge in [0.15, 0.2) is 5.69 Å². The third-order valence-electron chi connectivity index (χ3n) is 4.55. The number of carbonyl (C=O) groups is 2. The molecule has 3 rings (SSSR count). The second-order valence-corrected chi connectivity index (χ2v) is 7.17. The minimum absolute atomic E-state index is 0. The van der Waals surface area contributed by atoms with Crippen molar-refractivity contribution in [3.63, 3.8) is 0 Å². The number of carbonyl (C=O) groups excluding carboxylic acids is 2. The van der Waals surface area contributed by atoms with Crippen LogP contribution in [0.2, 0.25) is 0 Å². The Morgan fingerprint density at radius 3 is 2.62 bits per heavy atom. The van der Waals surface area contributed by atoms with E-state index in [1.54, 1.807) is 25.3 Å². The van der Waals surface area contributed by atoms with Gasteiger partial charge in [0.25, 0.3) is 0 Å². The fourth-order valence-corrected chi connectivity index (χ4v) is 3.25. The number of pyridine rings is 1. The third-order valence-corrected chi connectivity index (χ3v) is 4.55. The molecule has 0 bridgehead atoms. The Morgan fingerprint density at radius 2 is 1.90 bits per heavy atom. The summed E-state index contributed by atoms with van der Waals surface area (Å²) in [5, 5.41) is 0.932. The zero-order valence-electron chi connectivity index (χ0n) is 17.1. The first-order valence-electron chi connectivity index (χ1n) is 9.64. The van der Waals surface area contributed by atoms with Crippen molar-refractivity contribution in [1.29, 1.82) is 0 Å². The van der Waals surface area contributed by atoms with Gasteiger partial charge >= 0.3 is 11.9 Å². The number of benzene rings is 1. The van der Waals surface area contributed by atoms with Gasteiger partial charge in [0.1, 0.15) is 5.52 Å². The highest BCUT2D eigenvalue weighted by molar-refractivity contribution is 6.12. The molecule has 8 heteroatoms. The molecule has 0 aliphatic rings. The molecule has 0 amide bonds. The van der Waals surface area contributed by atoms with Gasteiger partial charge in [-0.25, -0.2) is 14.8 Å². The van der Waals surface area contributed by atoms with E-state index in [1.807, 2.05) is 24.3 Å². The van der Waals surface area contributed by atoms with Crippen LogP contribution in [0.1, 0.15) is 43.1 Å². The first-order chi connectivity index (χ1) is 13.5. The molecule has 0 N–H and O–H groups in total. The first-order valence-corrected chi connectivity index (χ1v) is 9.64. The van der Waals surface area contributed by atoms with E-state index >= 15 is 0 Å². The van der Waals surface area contributed by atoms with Crippen LogP contribution < -0.4 is 0 Å². The van der Waals surface area contributed by atoms with Crippen molar-refractivity contribution in [1.82, 2.24) is 19.4 Å². The van der Waals surface area contributed by atoms with Crippen LogP contribution in [0.15, 0.2) is 30.6 Å². The summed E-state index contributed by atoms with van der Waals surface area (Å²) in [5.74, 6) is -1.38. The van der Waals surface area contributed by atoms with E-state index < -0.39 is 11.9 Å². The maximum atomic E-state index is 12.6. The summed E-state index contributed by atoms with van der Waals surface area (Å²) >= 11 is 0. The second-order valence-electron chi connectivity index (χ2n) is 7.17. The molecule has 0 spiro atoms. The molecule has 29 heavy (non-hydrogen) atoms. The van der Waals surface area contributed by atoms with E-state index in [1.165, 1.54) is 12.8 Å². The fourth-order valence-electron chi connectivity index (χ4n) is 3.25. The fraction of sp³-hybridized carbons (Fsp3) is 0.429. The van der Waals surface area contributed by atoms with Gasteiger partial charge in [0.2, 0.25) is 0 Å². The summed E-state index contributed by atoms with van der Waals surface area (Å²) < 4.78 is 7.06. The molecule has 0 saturated heterocycles. The molecule has 0 saturated carbocycles. The molecule has 0 aliphatic heterocycles. The van der Waals surface area contributed by atoms with E-state index in [-0.39, 0.29) is 24.6 Å². The molecule has 0 fully saturated rings. The van der Waals surface area contributed by atoms with Gasteiger partial charge in [-0.15, -0.1) is 12.4 Å². The molecule has 3 aromatic rings. The van der Waals surface area contributed by atoms with Gasteiger partial charge in [-0.3, -0.25) is 9.69 Å². The van der Waals surface area contributed by atoms with Crippen LogP contribution in [-0.2, 0) is 16.1 Å². The number of rotatable bonds is 8. The predicted molar refractivity (Wildman–Crippen MR) is 115 cm³/mol. The van der Waals surface area contributed by atoms with Gasteiger partial charge in [-0.05, 0) is 26.6 Å². The zero-order chi connectivity index (χ0) is 20.1. The van der Waals surface area contributed by atoms with Crippen LogP contribution >= 0.6 is 12.4 Å². The Bertz CT molecular complexity index is 1000. The molecule has 7 nitrogen and oxygen atoms in total. The maximum Gasteiger partial charge on any atom is 0.366 e. The summed E-state index contributed by atoms with van der Waals surface area (Å²) in [6.07, 6.45) is 6.29. The standard InChI is InChI=1S/C21H26N4O3.ClH/c1-4-5-6-9-12-25-14-22-18-19(21(27)28-17(26)13-24(2)3)23-16-11-8-7-10-15(16)20(18)25;/h7-8,10-11,14H,4-6,9,12-13H2,1-3H3;1H. The number of imidazole rings is 1. The number of aromatic nitrogens is 3. The molecular formula is C21H27ClN4O3. The lowest BCUT2D eigenvalue weighted by Crippen LogP contribution is -2.26. The van der Waals surface area contributed by atoms with E-state index in [9.17, 15) is 9.59 Å². The number of unbranched alkanes of at least 4 members (excludes halogenated alkanes) is 3. The van der Waals surface area contributed by atoms with Crippen LogP contribution in [0.4, 0.5) is 0 Å². The Hall–Kier alpha value is -2.51. The molecule has 2 aromatic heterocycles. The largest absolute Gasteiger partial charge is 0.387 e. The molecular weight excluding hydrogens is 392 g/mol. The van der Waals surface area contributed by atoms with Crippen molar-refractivity contribution in [2.24, 2.45) is 0 Å². The topological polar surface area (TPSA) is 77.3 Å². The van der Waals surface area contributed by atoms with Gasteiger partial charge in [-0.2, -0.15) is 0 Å². The quantitative estimate of drug-likeness (QED) is 0.314. The number of para-hydroxylation sites is 1. The average molecular weight is 419 g/mol. The summed E-state index contributed by atoms with van der Waals surface area (Å²) in [5.41, 5.74) is 2.08. The third kappa shape index (κ3) is 5.31. The molecule has 156 valence electrons. The highest BCUT2D eigenvalue weighted by atomic mass is 35.5. The van der Waals surface area contributed by atoms with Crippen molar-refractivity contribution >= 4 is 46.3 Å². The lowest BCUT2D eigenvalue weighted by molar-refractivity contribution is -0.138. The number of hydrogen-bond donors (Lipinski definition) is 0. The van der Waals surface area contributed by atoms with Crippen molar-refractivity contribution in [2.45, 2.75) is 39.2 Å². The van der Waals surface area contributed by atoms with Gasteiger partial charge in [-0.1, -0.05) is 44.4 Å². The van der Waals surface area contributed by atoms with Crippen LogP contribution in [-0.4, -0.2) is 52.0 Å². The predicted octanol–water partition coefficient (Wildman–Crippen LogP) is 3.83. The second kappa shape index (κ2) is 10.3. The van der Waals surface area contributed by atoms with Crippen LogP contribution in [0.25, 0.3) is 21.9 Å². The van der Waals surface area contributed by atoms with E-state index in [4.69, 9.17) is 4.74 Å². The summed E-state index contributed by atoms with van der Waals surface area (Å²) in [6, 6.07) is 7.63. The average Bonchev–Trinajstić information content (AvgIpc) is 3.08. The Labute approximate surface area is 176 Å². The number of nitrogens with zero attached hydrogens (tertiary/aromatic N) is 4. The highest BCUT2D eigenvalue weighted by Gasteiger charge is 2.22. The van der Waals surface area contributed by atoms with Crippen molar-refractivity contribution < 1.29 is 14.3 Å². The summed E-state index contributed by atoms with van der Waals surface area (Å²) in [4.78, 5) is 35.1. The van der Waals surface area contributed by atoms with Gasteiger partial charge in [0, 0.05) is 11.9 Å². The minimum atomic E-state index is -0.765. The number of ether oxygens (including phenoxy) is 1. The summed E-state index contributed by atoms with van der Waals surface area (Å²) in [7, 11) is 3.47. The SMILES string of the molecule is CCCCCCn1cnc2c(C(=O)OC(=O)CN(C)C)nc3ccccc3c21.Cl. The number of esters is 2. The Kier molecular flexibility index (Phi) is 8.10. The molecule has 0 aliphatic carbocycles. The van der Waals surface area contributed by atoms with Gasteiger partial charge in [0.05, 0.1) is 23.9 Å². The normalized spacial score (nSPS) is 11.0. The first kappa shape index (κ1) is 22.8. The van der Waals surface area contributed by atoms with Crippen molar-refractivity contribution in [3.05, 3.63) is 36.3 Å². The number of fused-ring (bicyclic) bond motifs is 3. The van der Waals surface area contributed by atoms with Crippen LogP contribution in [0, 0.1) is 0 Å². The lowest BCUT2D eigenvalue weighted by Gasteiger charge is -2.10. The molecule has 0 radical (unpaired) electrons. The number of hydrogen-bond acceptors (Lipinski definition) is 6.